The number of aliphatic hydroxyl groups is 1. The van der Waals surface area contributed by atoms with Crippen molar-refractivity contribution in [2.75, 3.05) is 39.2 Å². The highest BCUT2D eigenvalue weighted by Crippen LogP contribution is 2.55. The van der Waals surface area contributed by atoms with E-state index in [1.165, 1.54) is 67.4 Å². The van der Waals surface area contributed by atoms with Crippen molar-refractivity contribution >= 4 is 50.7 Å². The Balaban J connectivity index is 1.87. The SMILES string of the molecule is COc1ccc(S(=O)(=O)N2C(=O)C(c3cc(Cl)ccc3OC)(N3C[C@H](O)C[C@H]3C(=O)N(C)C)c3cc(Cl)ccc32)c(OC(F)(F)F)c1. The van der Waals surface area contributed by atoms with Gasteiger partial charge in [0.15, 0.2) is 11.3 Å². The zero-order valence-electron chi connectivity index (χ0n) is 25.2. The summed E-state index contributed by atoms with van der Waals surface area (Å²) in [5.41, 5.74) is -2.62. The highest BCUT2D eigenvalue weighted by atomic mass is 35.5. The van der Waals surface area contributed by atoms with Crippen molar-refractivity contribution < 1.29 is 50.5 Å². The molecule has 1 unspecified atom stereocenters. The van der Waals surface area contributed by atoms with Crippen molar-refractivity contribution in [2.24, 2.45) is 0 Å². The van der Waals surface area contributed by atoms with Gasteiger partial charge in [0.25, 0.3) is 15.9 Å². The number of amides is 2. The summed E-state index contributed by atoms with van der Waals surface area (Å²) in [6.07, 6.45) is -6.61. The Hall–Kier alpha value is -3.76. The Labute approximate surface area is 278 Å². The number of carbonyl (C=O) groups excluding carboxylic acids is 2. The molecule has 3 aromatic carbocycles. The molecule has 0 aliphatic carbocycles. The van der Waals surface area contributed by atoms with Crippen LogP contribution in [0.2, 0.25) is 10.0 Å². The zero-order chi connectivity index (χ0) is 34.6. The number of hydrogen-bond acceptors (Lipinski definition) is 9. The van der Waals surface area contributed by atoms with Crippen LogP contribution in [0.1, 0.15) is 17.5 Å². The summed E-state index contributed by atoms with van der Waals surface area (Å²) in [6, 6.07) is 9.52. The molecule has 252 valence electrons. The van der Waals surface area contributed by atoms with Gasteiger partial charge in [-0.3, -0.25) is 14.5 Å². The molecule has 47 heavy (non-hydrogen) atoms. The number of carbonyl (C=O) groups is 2. The van der Waals surface area contributed by atoms with Crippen molar-refractivity contribution in [1.29, 1.82) is 0 Å². The largest absolute Gasteiger partial charge is 0.573 e. The number of anilines is 1. The van der Waals surface area contributed by atoms with E-state index in [9.17, 15) is 31.5 Å². The fourth-order valence-electron chi connectivity index (χ4n) is 6.09. The number of nitrogens with zero attached hydrogens (tertiary/aromatic N) is 3. The van der Waals surface area contributed by atoms with Gasteiger partial charge in [-0.25, -0.2) is 12.7 Å². The number of ether oxygens (including phenoxy) is 3. The molecule has 2 aliphatic heterocycles. The van der Waals surface area contributed by atoms with Gasteiger partial charge in [-0.05, 0) is 55.0 Å². The maximum atomic E-state index is 15.2. The van der Waals surface area contributed by atoms with Crippen LogP contribution in [-0.2, 0) is 25.2 Å². The predicted molar refractivity (Wildman–Crippen MR) is 164 cm³/mol. The molecule has 3 atom stereocenters. The standard InChI is InChI=1S/C30H28Cl2F3N3O8S/c1-36(2)27(40)23-13-18(39)15-37(23)29(21-12-17(32)6-9-24(21)45-4)20-11-16(31)5-8-22(20)38(28(29)41)47(42,43)26-10-7-19(44-3)14-25(26)46-30(33,34)35/h5-12,14,18,23,39H,13,15H2,1-4H3/t18-,23+,29?/m1/s1. The van der Waals surface area contributed by atoms with Crippen LogP contribution in [0.3, 0.4) is 0 Å². The summed E-state index contributed by atoms with van der Waals surface area (Å²) in [5.74, 6) is -3.01. The minimum Gasteiger partial charge on any atom is -0.497 e. The molecule has 1 saturated heterocycles. The maximum absolute atomic E-state index is 15.2. The van der Waals surface area contributed by atoms with Crippen LogP contribution >= 0.6 is 23.2 Å². The van der Waals surface area contributed by atoms with Gasteiger partial charge >= 0.3 is 6.36 Å². The average molecular weight is 719 g/mol. The molecule has 0 spiro atoms. The van der Waals surface area contributed by atoms with E-state index in [4.69, 9.17) is 32.7 Å². The summed E-state index contributed by atoms with van der Waals surface area (Å²) in [5, 5.41) is 11.1. The fraction of sp³-hybridized carbons (Fsp3) is 0.333. The Morgan fingerprint density at radius 3 is 2.21 bits per heavy atom. The van der Waals surface area contributed by atoms with E-state index in [2.05, 4.69) is 4.74 Å². The van der Waals surface area contributed by atoms with Crippen LogP contribution in [0, 0.1) is 0 Å². The first-order valence-corrected chi connectivity index (χ1v) is 16.0. The number of halogens is 5. The van der Waals surface area contributed by atoms with Crippen LogP contribution in [-0.4, -0.2) is 88.5 Å². The van der Waals surface area contributed by atoms with Crippen molar-refractivity contribution in [1.82, 2.24) is 9.80 Å². The third-order valence-corrected chi connectivity index (χ3v) is 10.1. The van der Waals surface area contributed by atoms with Gasteiger partial charge in [0, 0.05) is 47.9 Å². The van der Waals surface area contributed by atoms with E-state index in [0.29, 0.717) is 4.31 Å². The number of aliphatic hydroxyl groups excluding tert-OH is 1. The van der Waals surface area contributed by atoms with Gasteiger partial charge in [-0.1, -0.05) is 23.2 Å². The first kappa shape index (κ1) is 34.6. The van der Waals surface area contributed by atoms with Crippen LogP contribution < -0.4 is 18.5 Å². The third-order valence-electron chi connectivity index (χ3n) is 7.94. The number of rotatable bonds is 8. The molecular weight excluding hydrogens is 690 g/mol. The second-order valence-electron chi connectivity index (χ2n) is 10.9. The van der Waals surface area contributed by atoms with E-state index in [0.717, 1.165) is 25.3 Å². The summed E-state index contributed by atoms with van der Waals surface area (Å²) in [4.78, 5) is 30.4. The molecular formula is C30H28Cl2F3N3O8S. The molecule has 5 rings (SSSR count). The van der Waals surface area contributed by atoms with Crippen LogP contribution in [0.4, 0.5) is 18.9 Å². The first-order chi connectivity index (χ1) is 22.0. The molecule has 1 N–H and O–H groups in total. The van der Waals surface area contributed by atoms with E-state index >= 15 is 4.79 Å². The molecule has 2 heterocycles. The van der Waals surface area contributed by atoms with Gasteiger partial charge < -0.3 is 24.2 Å². The number of likely N-dealkylation sites (tertiary alicyclic amines) is 1. The summed E-state index contributed by atoms with van der Waals surface area (Å²) < 4.78 is 84.7. The van der Waals surface area contributed by atoms with Gasteiger partial charge in [0.05, 0.1) is 32.1 Å². The van der Waals surface area contributed by atoms with Gasteiger partial charge in [0.2, 0.25) is 5.91 Å². The molecule has 17 heteroatoms. The number of sulfonamides is 1. The van der Waals surface area contributed by atoms with Crippen LogP contribution in [0.5, 0.6) is 17.2 Å². The first-order valence-electron chi connectivity index (χ1n) is 13.8. The summed E-state index contributed by atoms with van der Waals surface area (Å²) in [6.45, 7) is -0.309. The smallest absolute Gasteiger partial charge is 0.497 e. The Morgan fingerprint density at radius 2 is 1.62 bits per heavy atom. The fourth-order valence-corrected chi connectivity index (χ4v) is 7.99. The van der Waals surface area contributed by atoms with Gasteiger partial charge in [-0.2, -0.15) is 0 Å². The second-order valence-corrected chi connectivity index (χ2v) is 13.6. The molecule has 1 fully saturated rings. The molecule has 0 radical (unpaired) electrons. The minimum absolute atomic E-state index is 0.00845. The quantitative estimate of drug-likeness (QED) is 0.361. The number of likely N-dealkylation sites (N-methyl/N-ethyl adjacent to an activating group) is 1. The molecule has 3 aromatic rings. The maximum Gasteiger partial charge on any atom is 0.573 e. The molecule has 0 bridgehead atoms. The molecule has 0 aromatic heterocycles. The van der Waals surface area contributed by atoms with Crippen LogP contribution in [0.15, 0.2) is 59.5 Å². The summed E-state index contributed by atoms with van der Waals surface area (Å²) in [7, 11) is 0.160. The predicted octanol–water partition coefficient (Wildman–Crippen LogP) is 4.41. The van der Waals surface area contributed by atoms with Gasteiger partial charge in [-0.15, -0.1) is 13.2 Å². The van der Waals surface area contributed by atoms with E-state index in [1.54, 1.807) is 0 Å². The number of hydrogen-bond donors (Lipinski definition) is 1. The van der Waals surface area contributed by atoms with E-state index < -0.39 is 56.5 Å². The molecule has 0 saturated carbocycles. The molecule has 11 nitrogen and oxygen atoms in total. The highest BCUT2D eigenvalue weighted by Gasteiger charge is 2.64. The highest BCUT2D eigenvalue weighted by molar-refractivity contribution is 7.93. The number of β-amino-alcohol motifs (C(OH)–C–C–N with tert-alkyl or cyclic N) is 1. The van der Waals surface area contributed by atoms with E-state index in [-0.39, 0.29) is 51.3 Å². The number of methoxy groups -OCH3 is 2. The topological polar surface area (TPSA) is 126 Å². The lowest BCUT2D eigenvalue weighted by Gasteiger charge is -2.42. The normalized spacial score (nSPS) is 21.5. The Bertz CT molecular complexity index is 1860. The Kier molecular flexibility index (Phi) is 9.09. The summed E-state index contributed by atoms with van der Waals surface area (Å²) >= 11 is 12.9. The zero-order valence-corrected chi connectivity index (χ0v) is 27.5. The lowest BCUT2D eigenvalue weighted by atomic mass is 9.80. The van der Waals surface area contributed by atoms with Crippen molar-refractivity contribution in [3.8, 4) is 17.2 Å². The Morgan fingerprint density at radius 1 is 0.979 bits per heavy atom. The van der Waals surface area contributed by atoms with E-state index in [1.807, 2.05) is 0 Å². The average Bonchev–Trinajstić information content (AvgIpc) is 3.50. The van der Waals surface area contributed by atoms with Crippen LogP contribution in [0.25, 0.3) is 0 Å². The van der Waals surface area contributed by atoms with Gasteiger partial charge in [0.1, 0.15) is 16.4 Å². The number of alkyl halides is 3. The monoisotopic (exact) mass is 717 g/mol. The lowest BCUT2D eigenvalue weighted by molar-refractivity contribution is -0.275. The third kappa shape index (κ3) is 5.84. The molecule has 2 aliphatic rings. The van der Waals surface area contributed by atoms with Crippen molar-refractivity contribution in [3.63, 3.8) is 0 Å². The second kappa shape index (κ2) is 12.4. The number of fused-ring (bicyclic) bond motifs is 1. The molecule has 2 amide bonds. The van der Waals surface area contributed by atoms with Crippen molar-refractivity contribution in [2.45, 2.75) is 35.4 Å². The minimum atomic E-state index is -5.32. The van der Waals surface area contributed by atoms with Crippen molar-refractivity contribution in [3.05, 3.63) is 75.8 Å². The lowest BCUT2D eigenvalue weighted by Crippen LogP contribution is -2.59. The number of benzene rings is 3.